The van der Waals surface area contributed by atoms with Gasteiger partial charge in [-0.2, -0.15) is 0 Å². The Bertz CT molecular complexity index is 505. The number of hydrogen-bond donors (Lipinski definition) is 1. The number of furan rings is 1. The van der Waals surface area contributed by atoms with Crippen molar-refractivity contribution >= 4 is 5.69 Å². The van der Waals surface area contributed by atoms with Crippen molar-refractivity contribution in [3.63, 3.8) is 0 Å². The van der Waals surface area contributed by atoms with Gasteiger partial charge < -0.3 is 14.6 Å². The molecule has 3 heteroatoms. The Kier molecular flexibility index (Phi) is 5.24. The van der Waals surface area contributed by atoms with Crippen molar-refractivity contribution in [1.82, 2.24) is 5.32 Å². The van der Waals surface area contributed by atoms with Gasteiger partial charge in [-0.05, 0) is 30.7 Å². The highest BCUT2D eigenvalue weighted by Gasteiger charge is 2.09. The van der Waals surface area contributed by atoms with Crippen LogP contribution in [0.1, 0.15) is 25.2 Å². The van der Waals surface area contributed by atoms with E-state index in [1.165, 1.54) is 11.3 Å². The van der Waals surface area contributed by atoms with Crippen LogP contribution in [0.2, 0.25) is 0 Å². The van der Waals surface area contributed by atoms with Gasteiger partial charge in [-0.3, -0.25) is 0 Å². The fourth-order valence-corrected chi connectivity index (χ4v) is 2.15. The molecule has 2 rings (SSSR count). The van der Waals surface area contributed by atoms with E-state index in [1.54, 1.807) is 6.26 Å². The van der Waals surface area contributed by atoms with E-state index in [0.29, 0.717) is 5.92 Å². The normalized spacial score (nSPS) is 11.0. The lowest BCUT2D eigenvalue weighted by Crippen LogP contribution is -2.21. The number of nitrogens with zero attached hydrogens (tertiary/aromatic N) is 1. The van der Waals surface area contributed by atoms with Crippen LogP contribution < -0.4 is 10.2 Å². The lowest BCUT2D eigenvalue weighted by molar-refractivity contribution is 0.494. The number of para-hydroxylation sites is 1. The number of hydrogen-bond acceptors (Lipinski definition) is 3. The topological polar surface area (TPSA) is 28.4 Å². The standard InChI is InChI=1S/C17H24N2O/c1-14(2)11-18-12-15-9-10-20-17(15)13-19(3)16-7-5-4-6-8-16/h4-10,14,18H,11-13H2,1-3H3. The molecule has 108 valence electrons. The molecule has 0 atom stereocenters. The molecule has 2 aromatic rings. The van der Waals surface area contributed by atoms with E-state index in [9.17, 15) is 0 Å². The van der Waals surface area contributed by atoms with E-state index in [0.717, 1.165) is 25.4 Å². The summed E-state index contributed by atoms with van der Waals surface area (Å²) in [6.45, 7) is 7.11. The van der Waals surface area contributed by atoms with Crippen molar-refractivity contribution in [3.05, 3.63) is 54.0 Å². The van der Waals surface area contributed by atoms with Crippen LogP contribution in [0.25, 0.3) is 0 Å². The largest absolute Gasteiger partial charge is 0.467 e. The van der Waals surface area contributed by atoms with Gasteiger partial charge >= 0.3 is 0 Å². The molecule has 3 nitrogen and oxygen atoms in total. The van der Waals surface area contributed by atoms with Gasteiger partial charge in [0.15, 0.2) is 0 Å². The number of nitrogens with one attached hydrogen (secondary N) is 1. The molecule has 0 amide bonds. The highest BCUT2D eigenvalue weighted by Crippen LogP contribution is 2.18. The van der Waals surface area contributed by atoms with E-state index < -0.39 is 0 Å². The molecule has 1 heterocycles. The molecule has 0 saturated carbocycles. The van der Waals surface area contributed by atoms with Crippen LogP contribution in [0.15, 0.2) is 47.1 Å². The van der Waals surface area contributed by atoms with Crippen molar-refractivity contribution in [3.8, 4) is 0 Å². The third-order valence-corrected chi connectivity index (χ3v) is 3.28. The minimum Gasteiger partial charge on any atom is -0.467 e. The van der Waals surface area contributed by atoms with Crippen LogP contribution in [-0.2, 0) is 13.1 Å². The second-order valence-electron chi connectivity index (χ2n) is 5.59. The van der Waals surface area contributed by atoms with Crippen molar-refractivity contribution < 1.29 is 4.42 Å². The minimum absolute atomic E-state index is 0.664. The van der Waals surface area contributed by atoms with Crippen LogP contribution >= 0.6 is 0 Å². The highest BCUT2D eigenvalue weighted by molar-refractivity contribution is 5.45. The van der Waals surface area contributed by atoms with Gasteiger partial charge in [-0.25, -0.2) is 0 Å². The molecule has 0 aliphatic rings. The van der Waals surface area contributed by atoms with Gasteiger partial charge in [0.2, 0.25) is 0 Å². The van der Waals surface area contributed by atoms with Gasteiger partial charge in [-0.1, -0.05) is 32.0 Å². The van der Waals surface area contributed by atoms with Gasteiger partial charge in [-0.15, -0.1) is 0 Å². The molecule has 0 fully saturated rings. The van der Waals surface area contributed by atoms with Crippen molar-refractivity contribution in [1.29, 1.82) is 0 Å². The molecular formula is C17H24N2O. The average Bonchev–Trinajstić information content (AvgIpc) is 2.87. The molecule has 1 aromatic carbocycles. The Morgan fingerprint density at radius 1 is 1.15 bits per heavy atom. The van der Waals surface area contributed by atoms with E-state index in [2.05, 4.69) is 61.4 Å². The molecule has 0 bridgehead atoms. The number of benzene rings is 1. The van der Waals surface area contributed by atoms with Crippen LogP contribution in [0.4, 0.5) is 5.69 Å². The zero-order valence-electron chi connectivity index (χ0n) is 12.6. The maximum atomic E-state index is 5.63. The van der Waals surface area contributed by atoms with E-state index >= 15 is 0 Å². The molecule has 20 heavy (non-hydrogen) atoms. The van der Waals surface area contributed by atoms with E-state index in [-0.39, 0.29) is 0 Å². The Labute approximate surface area is 121 Å². The van der Waals surface area contributed by atoms with E-state index in [4.69, 9.17) is 4.42 Å². The zero-order valence-corrected chi connectivity index (χ0v) is 12.6. The van der Waals surface area contributed by atoms with Gasteiger partial charge in [0.1, 0.15) is 5.76 Å². The molecule has 0 saturated heterocycles. The summed E-state index contributed by atoms with van der Waals surface area (Å²) in [5, 5.41) is 3.46. The SMILES string of the molecule is CC(C)CNCc1ccoc1CN(C)c1ccccc1. The lowest BCUT2D eigenvalue weighted by atomic mass is 10.2. The third kappa shape index (κ3) is 4.14. The summed E-state index contributed by atoms with van der Waals surface area (Å²) in [6, 6.07) is 12.4. The summed E-state index contributed by atoms with van der Waals surface area (Å²) >= 11 is 0. The first kappa shape index (κ1) is 14.7. The Hall–Kier alpha value is -1.74. The minimum atomic E-state index is 0.664. The van der Waals surface area contributed by atoms with E-state index in [1.807, 2.05) is 6.07 Å². The summed E-state index contributed by atoms with van der Waals surface area (Å²) in [5.41, 5.74) is 2.44. The van der Waals surface area contributed by atoms with Crippen molar-refractivity contribution in [2.24, 2.45) is 5.92 Å². The second-order valence-corrected chi connectivity index (χ2v) is 5.59. The maximum absolute atomic E-state index is 5.63. The molecule has 0 radical (unpaired) electrons. The van der Waals surface area contributed by atoms with Crippen LogP contribution in [-0.4, -0.2) is 13.6 Å². The summed E-state index contributed by atoms with van der Waals surface area (Å²) in [6.07, 6.45) is 1.78. The summed E-state index contributed by atoms with van der Waals surface area (Å²) < 4.78 is 5.63. The lowest BCUT2D eigenvalue weighted by Gasteiger charge is -2.18. The fourth-order valence-electron chi connectivity index (χ4n) is 2.15. The smallest absolute Gasteiger partial charge is 0.127 e. The van der Waals surface area contributed by atoms with Crippen LogP contribution in [0.5, 0.6) is 0 Å². The quantitative estimate of drug-likeness (QED) is 0.833. The first-order chi connectivity index (χ1) is 9.66. The van der Waals surface area contributed by atoms with Crippen LogP contribution in [0, 0.1) is 5.92 Å². The van der Waals surface area contributed by atoms with Crippen molar-refractivity contribution in [2.75, 3.05) is 18.5 Å². The first-order valence-electron chi connectivity index (χ1n) is 7.19. The Morgan fingerprint density at radius 2 is 1.90 bits per heavy atom. The zero-order chi connectivity index (χ0) is 14.4. The molecule has 1 N–H and O–H groups in total. The molecule has 0 aliphatic carbocycles. The molecule has 0 aliphatic heterocycles. The Morgan fingerprint density at radius 3 is 2.60 bits per heavy atom. The summed E-state index contributed by atoms with van der Waals surface area (Å²) in [5.74, 6) is 1.70. The average molecular weight is 272 g/mol. The van der Waals surface area contributed by atoms with Gasteiger partial charge in [0.25, 0.3) is 0 Å². The second kappa shape index (κ2) is 7.15. The summed E-state index contributed by atoms with van der Waals surface area (Å²) in [7, 11) is 2.09. The third-order valence-electron chi connectivity index (χ3n) is 3.28. The molecule has 0 unspecified atom stereocenters. The molecule has 1 aromatic heterocycles. The maximum Gasteiger partial charge on any atom is 0.127 e. The fraction of sp³-hybridized carbons (Fsp3) is 0.412. The van der Waals surface area contributed by atoms with Gasteiger partial charge in [0, 0.05) is 24.8 Å². The molecule has 0 spiro atoms. The first-order valence-corrected chi connectivity index (χ1v) is 7.19. The highest BCUT2D eigenvalue weighted by atomic mass is 16.3. The number of anilines is 1. The predicted octanol–water partition coefficient (Wildman–Crippen LogP) is 3.66. The molecular weight excluding hydrogens is 248 g/mol. The monoisotopic (exact) mass is 272 g/mol. The summed E-state index contributed by atoms with van der Waals surface area (Å²) in [4.78, 5) is 2.20. The Balaban J connectivity index is 1.94. The van der Waals surface area contributed by atoms with Gasteiger partial charge in [0.05, 0.1) is 12.8 Å². The predicted molar refractivity (Wildman–Crippen MR) is 83.8 cm³/mol. The van der Waals surface area contributed by atoms with Crippen molar-refractivity contribution in [2.45, 2.75) is 26.9 Å². The number of rotatable bonds is 7. The van der Waals surface area contributed by atoms with Crippen LogP contribution in [0.3, 0.4) is 0 Å².